The van der Waals surface area contributed by atoms with E-state index < -0.39 is 97.5 Å². The molecule has 0 aliphatic heterocycles. The average molecular weight is 1610 g/mol. The molecule has 3 N–H and O–H groups in total. The van der Waals surface area contributed by atoms with Crippen LogP contribution < -0.4 is 0 Å². The van der Waals surface area contributed by atoms with Crippen LogP contribution >= 0.6 is 15.6 Å². The van der Waals surface area contributed by atoms with E-state index in [1.165, 1.54) is 308 Å². The van der Waals surface area contributed by atoms with Gasteiger partial charge in [-0.2, -0.15) is 0 Å². The van der Waals surface area contributed by atoms with Crippen molar-refractivity contribution in [2.75, 3.05) is 39.6 Å². The van der Waals surface area contributed by atoms with Crippen LogP contribution in [0.15, 0.2) is 0 Å². The number of aliphatic hydroxyl groups is 1. The topological polar surface area (TPSA) is 237 Å². The zero-order valence-corrected chi connectivity index (χ0v) is 74.4. The number of carbonyl (C=O) groups excluding carboxylic acids is 4. The van der Waals surface area contributed by atoms with E-state index >= 15 is 0 Å². The molecule has 3 unspecified atom stereocenters. The number of hydrogen-bond donors (Lipinski definition) is 3. The Morgan fingerprint density at radius 3 is 0.691 bits per heavy atom. The van der Waals surface area contributed by atoms with Crippen molar-refractivity contribution in [2.45, 2.75) is 509 Å². The Morgan fingerprint density at radius 2 is 0.464 bits per heavy atom. The van der Waals surface area contributed by atoms with Gasteiger partial charge in [0.2, 0.25) is 0 Å². The predicted octanol–water partition coefficient (Wildman–Crippen LogP) is 28.2. The molecule has 0 spiro atoms. The van der Waals surface area contributed by atoms with Gasteiger partial charge < -0.3 is 33.8 Å². The lowest BCUT2D eigenvalue weighted by Gasteiger charge is -2.21. The van der Waals surface area contributed by atoms with Gasteiger partial charge in [-0.25, -0.2) is 9.13 Å². The van der Waals surface area contributed by atoms with E-state index in [-0.39, 0.29) is 25.7 Å². The third-order valence-corrected chi connectivity index (χ3v) is 23.7. The van der Waals surface area contributed by atoms with Gasteiger partial charge in [-0.05, 0) is 37.5 Å². The maximum absolute atomic E-state index is 13.2. The molecule has 0 saturated carbocycles. The Hall–Kier alpha value is -1.94. The smallest absolute Gasteiger partial charge is 0.462 e. The molecule has 17 nitrogen and oxygen atoms in total. The summed E-state index contributed by atoms with van der Waals surface area (Å²) >= 11 is 0. The van der Waals surface area contributed by atoms with Crippen LogP contribution in [0.1, 0.15) is 491 Å². The van der Waals surface area contributed by atoms with Crippen molar-refractivity contribution in [3.05, 3.63) is 0 Å². The summed E-state index contributed by atoms with van der Waals surface area (Å²) in [5.41, 5.74) is 0. The van der Waals surface area contributed by atoms with Crippen molar-refractivity contribution in [2.24, 2.45) is 11.8 Å². The summed E-state index contributed by atoms with van der Waals surface area (Å²) in [6.07, 6.45) is 76.4. The summed E-state index contributed by atoms with van der Waals surface area (Å²) < 4.78 is 69.0. The number of unbranched alkanes of at least 4 members (excludes halogenated alkanes) is 59. The number of hydrogen-bond acceptors (Lipinski definition) is 15. The van der Waals surface area contributed by atoms with Crippen molar-refractivity contribution in [3.63, 3.8) is 0 Å². The third-order valence-electron chi connectivity index (χ3n) is 21.8. The van der Waals surface area contributed by atoms with Gasteiger partial charge >= 0.3 is 39.5 Å². The molecule has 19 heteroatoms. The Morgan fingerprint density at radius 1 is 0.264 bits per heavy atom. The van der Waals surface area contributed by atoms with E-state index in [2.05, 4.69) is 41.5 Å². The van der Waals surface area contributed by atoms with Gasteiger partial charge in [0.1, 0.15) is 19.3 Å². The molecule has 0 aliphatic carbocycles. The molecule has 0 saturated heterocycles. The fourth-order valence-electron chi connectivity index (χ4n) is 14.3. The fraction of sp³-hybridized carbons (Fsp3) is 0.956. The average Bonchev–Trinajstić information content (AvgIpc) is 0.897. The maximum atomic E-state index is 13.2. The van der Waals surface area contributed by atoms with E-state index in [0.29, 0.717) is 25.7 Å². The lowest BCUT2D eigenvalue weighted by Crippen LogP contribution is -2.30. The van der Waals surface area contributed by atoms with Crippen LogP contribution in [0.3, 0.4) is 0 Å². The summed E-state index contributed by atoms with van der Waals surface area (Å²) in [6, 6.07) is 0. The second-order valence-electron chi connectivity index (χ2n) is 33.4. The van der Waals surface area contributed by atoms with E-state index in [4.69, 9.17) is 37.0 Å². The van der Waals surface area contributed by atoms with Crippen LogP contribution in [0.2, 0.25) is 0 Å². The molecule has 0 aliphatic rings. The fourth-order valence-corrected chi connectivity index (χ4v) is 15.9. The van der Waals surface area contributed by atoms with E-state index in [0.717, 1.165) is 102 Å². The highest BCUT2D eigenvalue weighted by Gasteiger charge is 2.31. The van der Waals surface area contributed by atoms with Gasteiger partial charge in [0.25, 0.3) is 0 Å². The van der Waals surface area contributed by atoms with E-state index in [1.54, 1.807) is 0 Å². The lowest BCUT2D eigenvalue weighted by molar-refractivity contribution is -0.161. The van der Waals surface area contributed by atoms with Crippen molar-refractivity contribution < 1.29 is 80.2 Å². The van der Waals surface area contributed by atoms with Crippen LogP contribution in [-0.2, 0) is 65.4 Å². The second-order valence-corrected chi connectivity index (χ2v) is 36.3. The molecule has 0 fully saturated rings. The van der Waals surface area contributed by atoms with Crippen LogP contribution in [-0.4, -0.2) is 96.7 Å². The van der Waals surface area contributed by atoms with Crippen molar-refractivity contribution >= 4 is 39.5 Å². The minimum absolute atomic E-state index is 0.109. The Labute approximate surface area is 677 Å². The molecule has 0 aromatic carbocycles. The lowest BCUT2D eigenvalue weighted by atomic mass is 9.99. The molecule has 0 aromatic rings. The minimum Gasteiger partial charge on any atom is -0.462 e. The van der Waals surface area contributed by atoms with Gasteiger partial charge in [-0.1, -0.05) is 440 Å². The van der Waals surface area contributed by atoms with Gasteiger partial charge in [-0.15, -0.1) is 0 Å². The first-order valence-electron chi connectivity index (χ1n) is 47.0. The highest BCUT2D eigenvalue weighted by molar-refractivity contribution is 7.47. The predicted molar refractivity (Wildman–Crippen MR) is 455 cm³/mol. The number of phosphoric ester groups is 2. The molecule has 0 amide bonds. The summed E-state index contributed by atoms with van der Waals surface area (Å²) in [6.45, 7) is 9.80. The quantitative estimate of drug-likeness (QED) is 0.0222. The molecule has 0 radical (unpaired) electrons. The summed E-state index contributed by atoms with van der Waals surface area (Å²) in [7, 11) is -9.93. The van der Waals surface area contributed by atoms with E-state index in [9.17, 15) is 43.2 Å². The largest absolute Gasteiger partial charge is 0.472 e. The van der Waals surface area contributed by atoms with Gasteiger partial charge in [-0.3, -0.25) is 37.3 Å². The first kappa shape index (κ1) is 108. The summed E-state index contributed by atoms with van der Waals surface area (Å²) in [4.78, 5) is 73.4. The highest BCUT2D eigenvalue weighted by Crippen LogP contribution is 2.45. The zero-order chi connectivity index (χ0) is 80.6. The van der Waals surface area contributed by atoms with Gasteiger partial charge in [0.15, 0.2) is 12.2 Å². The number of rotatable bonds is 90. The SMILES string of the molecule is CCCCCCCCCCCCCCCCCCCC(=O)O[C@H](COC(=O)CCCCCCCCCCCC)COP(=O)(O)OC[C@H](O)COP(=O)(O)OC[C@@H](COC(=O)CCCCCCCCCCCCCCCCCCCCC(C)C)OC(=O)CCCCCCCCCCCCCCCCCCCCC(C)CC. The van der Waals surface area contributed by atoms with Crippen LogP contribution in [0, 0.1) is 11.8 Å². The van der Waals surface area contributed by atoms with E-state index in [1.807, 2.05) is 0 Å². The number of carbonyl (C=O) groups is 4. The molecule has 0 aromatic heterocycles. The van der Waals surface area contributed by atoms with Crippen LogP contribution in [0.25, 0.3) is 0 Å². The molecule has 110 heavy (non-hydrogen) atoms. The Balaban J connectivity index is 5.21. The van der Waals surface area contributed by atoms with Crippen molar-refractivity contribution in [1.29, 1.82) is 0 Å². The standard InChI is InChI=1S/C91H178O17P2/c1-7-10-12-14-16-18-20-21-22-27-35-40-45-51-57-63-69-75-90(95)107-86(79-101-88(93)73-67-61-55-49-19-17-15-13-11-8-2)81-105-109(97,98)103-77-85(92)78-104-110(99,100)106-82-87(80-102-89(94)74-68-62-56-50-44-39-34-30-25-23-28-32-37-42-47-53-59-65-71-83(4)5)108-91(96)76-70-64-58-52-46-41-36-31-26-24-29-33-38-43-48-54-60-66-72-84(6)9-3/h83-87,92H,7-82H2,1-6H3,(H,97,98)(H,99,100)/t84?,85-,86+,87+/m0/s1. The summed E-state index contributed by atoms with van der Waals surface area (Å²) in [5, 5.41) is 10.7. The second kappa shape index (κ2) is 82.2. The third kappa shape index (κ3) is 82.6. The zero-order valence-electron chi connectivity index (χ0n) is 72.6. The van der Waals surface area contributed by atoms with Gasteiger partial charge in [0.05, 0.1) is 26.4 Å². The molecule has 0 bridgehead atoms. The number of phosphoric acid groups is 2. The number of ether oxygens (including phenoxy) is 4. The Kier molecular flexibility index (Phi) is 80.7. The Bertz CT molecular complexity index is 2100. The molecule has 0 rings (SSSR count). The van der Waals surface area contributed by atoms with Gasteiger partial charge in [0, 0.05) is 25.7 Å². The first-order valence-corrected chi connectivity index (χ1v) is 50.0. The molecular weight excluding hydrogens is 1430 g/mol. The molecule has 6 atom stereocenters. The normalized spacial score (nSPS) is 14.0. The number of aliphatic hydroxyl groups excluding tert-OH is 1. The summed E-state index contributed by atoms with van der Waals surface area (Å²) in [5.74, 6) is -0.401. The van der Waals surface area contributed by atoms with Crippen molar-refractivity contribution in [3.8, 4) is 0 Å². The maximum Gasteiger partial charge on any atom is 0.472 e. The molecule has 654 valence electrons. The van der Waals surface area contributed by atoms with Crippen molar-refractivity contribution in [1.82, 2.24) is 0 Å². The first-order chi connectivity index (χ1) is 53.4. The number of esters is 4. The minimum atomic E-state index is -4.97. The molecular formula is C91H178O17P2. The monoisotopic (exact) mass is 1610 g/mol. The van der Waals surface area contributed by atoms with Crippen LogP contribution in [0.4, 0.5) is 0 Å². The molecule has 0 heterocycles. The highest BCUT2D eigenvalue weighted by atomic mass is 31.2. The van der Waals surface area contributed by atoms with Crippen LogP contribution in [0.5, 0.6) is 0 Å².